The molecule has 0 radical (unpaired) electrons. The second-order valence-corrected chi connectivity index (χ2v) is 6.12. The predicted molar refractivity (Wildman–Crippen MR) is 103 cm³/mol. The quantitative estimate of drug-likeness (QED) is 0.470. The number of rotatable bonds is 6. The fourth-order valence-corrected chi connectivity index (χ4v) is 2.75. The Kier molecular flexibility index (Phi) is 5.62. The van der Waals surface area contributed by atoms with Crippen LogP contribution in [0.2, 0.25) is 5.02 Å². The zero-order chi connectivity index (χ0) is 20.3. The lowest BCUT2D eigenvalue weighted by Crippen LogP contribution is -2.13. The molecule has 0 atom stereocenters. The molecule has 0 saturated carbocycles. The summed E-state index contributed by atoms with van der Waals surface area (Å²) < 4.78 is 10.8. The van der Waals surface area contributed by atoms with E-state index in [0.29, 0.717) is 28.5 Å². The summed E-state index contributed by atoms with van der Waals surface area (Å²) in [6.45, 7) is -0.227. The number of ether oxygens (including phenoxy) is 1. The van der Waals surface area contributed by atoms with Crippen molar-refractivity contribution >= 4 is 28.9 Å². The van der Waals surface area contributed by atoms with Gasteiger partial charge in [-0.3, -0.25) is 14.9 Å². The van der Waals surface area contributed by atoms with E-state index in [0.717, 1.165) is 6.07 Å². The highest BCUT2D eigenvalue weighted by Gasteiger charge is 2.18. The predicted octanol–water partition coefficient (Wildman–Crippen LogP) is 4.26. The molecular formula is C19H15ClN2O6. The molecule has 0 aliphatic heterocycles. The van der Waals surface area contributed by atoms with Crippen LogP contribution in [0.1, 0.15) is 16.1 Å². The minimum absolute atomic E-state index is 0.0568. The minimum Gasteiger partial charge on any atom is -0.495 e. The lowest BCUT2D eigenvalue weighted by atomic mass is 10.1. The van der Waals surface area contributed by atoms with Crippen molar-refractivity contribution in [3.05, 3.63) is 75.0 Å². The average Bonchev–Trinajstić information content (AvgIpc) is 3.17. The van der Waals surface area contributed by atoms with Crippen molar-refractivity contribution in [3.63, 3.8) is 0 Å². The number of nitrogens with zero attached hydrogens (tertiary/aromatic N) is 1. The Hall–Kier alpha value is -3.36. The lowest BCUT2D eigenvalue weighted by Gasteiger charge is -2.12. The van der Waals surface area contributed by atoms with Crippen molar-refractivity contribution in [2.24, 2.45) is 0 Å². The molecule has 8 nitrogen and oxygen atoms in total. The summed E-state index contributed by atoms with van der Waals surface area (Å²) >= 11 is 5.78. The van der Waals surface area contributed by atoms with Crippen molar-refractivity contribution in [1.29, 1.82) is 0 Å². The number of carbonyl (C=O) groups excluding carboxylic acids is 1. The van der Waals surface area contributed by atoms with Crippen LogP contribution in [0.4, 0.5) is 11.4 Å². The van der Waals surface area contributed by atoms with Gasteiger partial charge in [-0.25, -0.2) is 0 Å². The van der Waals surface area contributed by atoms with E-state index in [9.17, 15) is 14.9 Å². The highest BCUT2D eigenvalue weighted by atomic mass is 35.5. The number of hydrogen-bond donors (Lipinski definition) is 2. The average molecular weight is 403 g/mol. The van der Waals surface area contributed by atoms with Crippen LogP contribution in [0.3, 0.4) is 0 Å². The first-order valence-corrected chi connectivity index (χ1v) is 8.44. The highest BCUT2D eigenvalue weighted by Crippen LogP contribution is 2.32. The van der Waals surface area contributed by atoms with Gasteiger partial charge in [0.2, 0.25) is 0 Å². The summed E-state index contributed by atoms with van der Waals surface area (Å²) in [5.41, 5.74) is 0.716. The summed E-state index contributed by atoms with van der Waals surface area (Å²) in [4.78, 5) is 22.9. The van der Waals surface area contributed by atoms with Gasteiger partial charge in [0.05, 0.1) is 17.7 Å². The molecule has 0 aliphatic carbocycles. The van der Waals surface area contributed by atoms with E-state index in [-0.39, 0.29) is 22.9 Å². The van der Waals surface area contributed by atoms with E-state index in [1.54, 1.807) is 30.3 Å². The Labute approximate surface area is 164 Å². The molecule has 1 aromatic heterocycles. The van der Waals surface area contributed by atoms with Gasteiger partial charge in [0.25, 0.3) is 11.6 Å². The Morgan fingerprint density at radius 1 is 1.25 bits per heavy atom. The fourth-order valence-electron chi connectivity index (χ4n) is 2.57. The first-order chi connectivity index (χ1) is 13.4. The normalized spacial score (nSPS) is 10.5. The number of furan rings is 1. The van der Waals surface area contributed by atoms with Crippen molar-refractivity contribution in [2.45, 2.75) is 6.61 Å². The second kappa shape index (κ2) is 8.12. The number of nitro benzene ring substituents is 1. The number of benzene rings is 2. The molecular weight excluding hydrogens is 388 g/mol. The van der Waals surface area contributed by atoms with Crippen molar-refractivity contribution in [2.75, 3.05) is 12.4 Å². The maximum absolute atomic E-state index is 12.6. The molecule has 0 spiro atoms. The van der Waals surface area contributed by atoms with Crippen LogP contribution in [0.5, 0.6) is 5.75 Å². The zero-order valence-corrected chi connectivity index (χ0v) is 15.4. The number of amides is 1. The van der Waals surface area contributed by atoms with Crippen LogP contribution in [0.25, 0.3) is 11.3 Å². The van der Waals surface area contributed by atoms with Crippen molar-refractivity contribution in [1.82, 2.24) is 0 Å². The maximum atomic E-state index is 12.6. The van der Waals surface area contributed by atoms with E-state index in [2.05, 4.69) is 5.32 Å². The number of nitro groups is 1. The third-order valence-corrected chi connectivity index (χ3v) is 4.27. The standard InChI is InChI=1S/C19H15ClN2O6/c1-27-18-6-3-11(17-7-4-13(10-23)28-17)8-15(18)21-19(24)12-2-5-14(20)16(9-12)22(25)26/h2-9,23H,10H2,1H3,(H,21,24). The SMILES string of the molecule is COc1ccc(-c2ccc(CO)o2)cc1NC(=O)c1ccc(Cl)c([N+](=O)[O-])c1. The zero-order valence-electron chi connectivity index (χ0n) is 14.6. The number of nitrogens with one attached hydrogen (secondary N) is 1. The summed E-state index contributed by atoms with van der Waals surface area (Å²) in [6.07, 6.45) is 0. The van der Waals surface area contributed by atoms with E-state index < -0.39 is 10.8 Å². The molecule has 0 unspecified atom stereocenters. The molecule has 0 fully saturated rings. The molecule has 0 aliphatic rings. The summed E-state index contributed by atoms with van der Waals surface area (Å²) in [5.74, 6) is 0.745. The number of halogens is 1. The Morgan fingerprint density at radius 3 is 2.68 bits per heavy atom. The molecule has 9 heteroatoms. The third-order valence-electron chi connectivity index (χ3n) is 3.95. The maximum Gasteiger partial charge on any atom is 0.288 e. The molecule has 3 aromatic rings. The first-order valence-electron chi connectivity index (χ1n) is 8.06. The fraction of sp³-hybridized carbons (Fsp3) is 0.105. The summed E-state index contributed by atoms with van der Waals surface area (Å²) in [5, 5.41) is 22.8. The molecule has 2 aromatic carbocycles. The smallest absolute Gasteiger partial charge is 0.288 e. The minimum atomic E-state index is -0.657. The van der Waals surface area contributed by atoms with E-state index in [1.807, 2.05) is 0 Å². The van der Waals surface area contributed by atoms with E-state index in [4.69, 9.17) is 25.9 Å². The van der Waals surface area contributed by atoms with Crippen LogP contribution in [0.15, 0.2) is 52.9 Å². The van der Waals surface area contributed by atoms with Crippen LogP contribution in [-0.4, -0.2) is 23.0 Å². The van der Waals surface area contributed by atoms with Crippen molar-refractivity contribution < 1.29 is 24.0 Å². The lowest BCUT2D eigenvalue weighted by molar-refractivity contribution is -0.384. The Morgan fingerprint density at radius 2 is 2.04 bits per heavy atom. The summed E-state index contributed by atoms with van der Waals surface area (Å²) in [7, 11) is 1.45. The molecule has 0 bridgehead atoms. The highest BCUT2D eigenvalue weighted by molar-refractivity contribution is 6.32. The van der Waals surface area contributed by atoms with Gasteiger partial charge in [0.15, 0.2) is 0 Å². The monoisotopic (exact) mass is 402 g/mol. The van der Waals surface area contributed by atoms with Crippen LogP contribution < -0.4 is 10.1 Å². The van der Waals surface area contributed by atoms with Gasteiger partial charge < -0.3 is 19.6 Å². The van der Waals surface area contributed by atoms with E-state index in [1.165, 1.54) is 19.2 Å². The number of aliphatic hydroxyl groups is 1. The molecule has 1 heterocycles. The Bertz CT molecular complexity index is 1050. The number of carbonyl (C=O) groups is 1. The number of aliphatic hydroxyl groups excluding tert-OH is 1. The molecule has 0 saturated heterocycles. The van der Waals surface area contributed by atoms with E-state index >= 15 is 0 Å². The van der Waals surface area contributed by atoms with Gasteiger partial charge in [-0.1, -0.05) is 11.6 Å². The second-order valence-electron chi connectivity index (χ2n) is 5.72. The number of hydrogen-bond acceptors (Lipinski definition) is 6. The van der Waals surface area contributed by atoms with Crippen LogP contribution in [-0.2, 0) is 6.61 Å². The van der Waals surface area contributed by atoms with Gasteiger partial charge in [-0.05, 0) is 42.5 Å². The van der Waals surface area contributed by atoms with Gasteiger partial charge in [0, 0.05) is 17.2 Å². The largest absolute Gasteiger partial charge is 0.495 e. The van der Waals surface area contributed by atoms with Gasteiger partial charge in [-0.15, -0.1) is 0 Å². The van der Waals surface area contributed by atoms with Crippen molar-refractivity contribution in [3.8, 4) is 17.1 Å². The number of methoxy groups -OCH3 is 1. The molecule has 2 N–H and O–H groups in total. The third kappa shape index (κ3) is 3.98. The first kappa shape index (κ1) is 19.4. The number of anilines is 1. The van der Waals surface area contributed by atoms with Gasteiger partial charge in [-0.2, -0.15) is 0 Å². The Balaban J connectivity index is 1.92. The molecule has 1 amide bonds. The topological polar surface area (TPSA) is 115 Å². The van der Waals surface area contributed by atoms with Crippen LogP contribution >= 0.6 is 11.6 Å². The van der Waals surface area contributed by atoms with Crippen LogP contribution in [0, 0.1) is 10.1 Å². The summed E-state index contributed by atoms with van der Waals surface area (Å²) in [6, 6.07) is 12.2. The molecule has 28 heavy (non-hydrogen) atoms. The molecule has 3 rings (SSSR count). The molecule has 144 valence electrons. The van der Waals surface area contributed by atoms with Gasteiger partial charge in [0.1, 0.15) is 28.9 Å². The van der Waals surface area contributed by atoms with Gasteiger partial charge >= 0.3 is 0 Å².